The number of halogens is 1. The zero-order chi connectivity index (χ0) is 27.0. The highest BCUT2D eigenvalue weighted by molar-refractivity contribution is 6.32. The smallest absolute Gasteiger partial charge is 0.278 e. The Morgan fingerprint density at radius 3 is 2.41 bits per heavy atom. The molecule has 0 aliphatic carbocycles. The van der Waals surface area contributed by atoms with Crippen molar-refractivity contribution in [1.82, 2.24) is 24.2 Å². The second kappa shape index (κ2) is 10.5. The number of benzene rings is 2. The number of nitrogens with zero attached hydrogens (tertiary/aromatic N) is 6. The second-order valence-electron chi connectivity index (χ2n) is 10.8. The van der Waals surface area contributed by atoms with Crippen LogP contribution in [0.5, 0.6) is 0 Å². The maximum absolute atomic E-state index is 13.1. The highest BCUT2D eigenvalue weighted by Gasteiger charge is 2.36. The number of rotatable bonds is 6. The van der Waals surface area contributed by atoms with E-state index in [9.17, 15) is 4.79 Å². The lowest BCUT2D eigenvalue weighted by molar-refractivity contribution is 0.0945. The van der Waals surface area contributed by atoms with Gasteiger partial charge in [0.05, 0.1) is 17.3 Å². The van der Waals surface area contributed by atoms with Gasteiger partial charge < -0.3 is 15.1 Å². The lowest BCUT2D eigenvalue weighted by Crippen LogP contribution is -2.46. The van der Waals surface area contributed by atoms with Crippen LogP contribution in [-0.2, 0) is 6.54 Å². The lowest BCUT2D eigenvalue weighted by Gasteiger charge is -2.46. The minimum atomic E-state index is -0.190. The zero-order valence-corrected chi connectivity index (χ0v) is 23.1. The van der Waals surface area contributed by atoms with E-state index in [1.807, 2.05) is 18.2 Å². The summed E-state index contributed by atoms with van der Waals surface area (Å²) in [7, 11) is 2.23. The van der Waals surface area contributed by atoms with Crippen LogP contribution in [0.15, 0.2) is 72.2 Å². The van der Waals surface area contributed by atoms with Crippen LogP contribution in [0.1, 0.15) is 25.7 Å². The highest BCUT2D eigenvalue weighted by atomic mass is 35.5. The van der Waals surface area contributed by atoms with E-state index in [-0.39, 0.29) is 5.56 Å². The first-order chi connectivity index (χ1) is 19.0. The van der Waals surface area contributed by atoms with Gasteiger partial charge in [0, 0.05) is 30.7 Å². The number of anilines is 3. The predicted molar refractivity (Wildman–Crippen MR) is 159 cm³/mol. The van der Waals surface area contributed by atoms with Crippen LogP contribution in [0.2, 0.25) is 5.02 Å². The van der Waals surface area contributed by atoms with Crippen molar-refractivity contribution in [2.24, 2.45) is 5.41 Å². The van der Waals surface area contributed by atoms with Gasteiger partial charge in [-0.25, -0.2) is 14.3 Å². The van der Waals surface area contributed by atoms with Crippen molar-refractivity contribution in [3.63, 3.8) is 0 Å². The largest absolute Gasteiger partial charge is 0.371 e. The lowest BCUT2D eigenvalue weighted by atomic mass is 9.71. The molecule has 0 atom stereocenters. The average Bonchev–Trinajstić information content (AvgIpc) is 3.22. The van der Waals surface area contributed by atoms with Gasteiger partial charge in [0.2, 0.25) is 5.95 Å². The summed E-state index contributed by atoms with van der Waals surface area (Å²) in [4.78, 5) is 27.3. The van der Waals surface area contributed by atoms with E-state index in [1.54, 1.807) is 27.7 Å². The fourth-order valence-corrected chi connectivity index (χ4v) is 6.18. The van der Waals surface area contributed by atoms with E-state index in [0.29, 0.717) is 39.7 Å². The first-order valence-electron chi connectivity index (χ1n) is 13.6. The molecule has 2 aromatic heterocycles. The van der Waals surface area contributed by atoms with Crippen molar-refractivity contribution in [2.75, 3.05) is 43.4 Å². The number of fused-ring (bicyclic) bond motifs is 1. The molecule has 4 heterocycles. The normalized spacial score (nSPS) is 17.5. The van der Waals surface area contributed by atoms with Gasteiger partial charge in [0.15, 0.2) is 5.65 Å². The van der Waals surface area contributed by atoms with Gasteiger partial charge in [-0.05, 0) is 87.6 Å². The zero-order valence-electron chi connectivity index (χ0n) is 22.3. The van der Waals surface area contributed by atoms with Crippen molar-refractivity contribution >= 4 is 40.0 Å². The molecule has 39 heavy (non-hydrogen) atoms. The predicted octanol–water partition coefficient (Wildman–Crippen LogP) is 5.48. The summed E-state index contributed by atoms with van der Waals surface area (Å²) in [5, 5.41) is 4.25. The maximum atomic E-state index is 13.1. The SMILES string of the molecule is C=CCn1c(=O)c2cnc(Nc3ccc(N4CCC5(CCN(C)CC5)CC4)cc3)nc2n1-c1ccccc1Cl. The van der Waals surface area contributed by atoms with Crippen LogP contribution < -0.4 is 15.8 Å². The number of likely N-dealkylation sites (tertiary alicyclic amines) is 1. The summed E-state index contributed by atoms with van der Waals surface area (Å²) < 4.78 is 3.31. The molecular formula is C30H34ClN7O. The van der Waals surface area contributed by atoms with E-state index in [4.69, 9.17) is 16.6 Å². The Kier molecular flexibility index (Phi) is 6.91. The topological polar surface area (TPSA) is 71.2 Å². The van der Waals surface area contributed by atoms with Crippen LogP contribution in [0.25, 0.3) is 16.7 Å². The summed E-state index contributed by atoms with van der Waals surface area (Å²) in [6.45, 7) is 8.79. The number of hydrogen-bond acceptors (Lipinski definition) is 6. The minimum absolute atomic E-state index is 0.190. The molecule has 0 saturated carbocycles. The number of hydrogen-bond donors (Lipinski definition) is 1. The Bertz CT molecular complexity index is 1540. The van der Waals surface area contributed by atoms with Crippen molar-refractivity contribution in [3.05, 3.63) is 82.8 Å². The van der Waals surface area contributed by atoms with Crippen molar-refractivity contribution in [1.29, 1.82) is 0 Å². The molecule has 2 aromatic carbocycles. The van der Waals surface area contributed by atoms with Gasteiger partial charge in [-0.1, -0.05) is 29.8 Å². The molecule has 0 unspecified atom stereocenters. The molecule has 1 N–H and O–H groups in total. The van der Waals surface area contributed by atoms with Crippen molar-refractivity contribution in [2.45, 2.75) is 32.2 Å². The first kappa shape index (κ1) is 25.6. The van der Waals surface area contributed by atoms with Crippen LogP contribution in [-0.4, -0.2) is 57.5 Å². The molecule has 1 spiro atoms. The molecular weight excluding hydrogens is 510 g/mol. The van der Waals surface area contributed by atoms with Gasteiger partial charge in [0.25, 0.3) is 5.56 Å². The van der Waals surface area contributed by atoms with E-state index in [2.05, 4.69) is 58.0 Å². The third kappa shape index (κ3) is 4.94. The van der Waals surface area contributed by atoms with Crippen LogP contribution in [0.3, 0.4) is 0 Å². The molecule has 2 saturated heterocycles. The Balaban J connectivity index is 1.22. The summed E-state index contributed by atoms with van der Waals surface area (Å²) in [6, 6.07) is 15.8. The standard InChI is InChI=1S/C30H34ClN7O/c1-3-16-37-28(39)24-21-32-29(34-27(24)38(37)26-7-5-4-6-25(26)31)33-22-8-10-23(11-9-22)36-19-14-30(15-20-36)12-17-35(2)18-13-30/h3-11,21H,1,12-20H2,2H3,(H,32,33,34). The Morgan fingerprint density at radius 1 is 1.03 bits per heavy atom. The molecule has 8 nitrogen and oxygen atoms in total. The van der Waals surface area contributed by atoms with Crippen LogP contribution >= 0.6 is 11.6 Å². The molecule has 6 rings (SSSR count). The van der Waals surface area contributed by atoms with Crippen molar-refractivity contribution < 1.29 is 0 Å². The maximum Gasteiger partial charge on any atom is 0.278 e. The van der Waals surface area contributed by atoms with Gasteiger partial charge in [0.1, 0.15) is 5.39 Å². The van der Waals surface area contributed by atoms with Gasteiger partial charge >= 0.3 is 0 Å². The molecule has 2 aliphatic heterocycles. The molecule has 2 fully saturated rings. The summed E-state index contributed by atoms with van der Waals surface area (Å²) in [5.74, 6) is 0.411. The number of piperidine rings is 2. The van der Waals surface area contributed by atoms with E-state index in [1.165, 1.54) is 44.5 Å². The van der Waals surface area contributed by atoms with Crippen molar-refractivity contribution in [3.8, 4) is 5.69 Å². The summed E-state index contributed by atoms with van der Waals surface area (Å²) >= 11 is 6.51. The Labute approximate surface area is 233 Å². The molecule has 0 amide bonds. The van der Waals surface area contributed by atoms with Gasteiger partial charge in [-0.15, -0.1) is 6.58 Å². The Hall–Kier alpha value is -3.62. The number of aromatic nitrogens is 4. The summed E-state index contributed by atoms with van der Waals surface area (Å²) in [6.07, 6.45) is 8.44. The van der Waals surface area contributed by atoms with Gasteiger partial charge in [-0.2, -0.15) is 4.98 Å². The van der Waals surface area contributed by atoms with Gasteiger partial charge in [-0.3, -0.25) is 4.79 Å². The average molecular weight is 544 g/mol. The number of nitrogens with one attached hydrogen (secondary N) is 1. The minimum Gasteiger partial charge on any atom is -0.371 e. The fourth-order valence-electron chi connectivity index (χ4n) is 5.96. The molecule has 2 aliphatic rings. The van der Waals surface area contributed by atoms with E-state index >= 15 is 0 Å². The molecule has 9 heteroatoms. The quantitative estimate of drug-likeness (QED) is 0.325. The molecule has 4 aromatic rings. The van der Waals surface area contributed by atoms with E-state index < -0.39 is 0 Å². The molecule has 0 bridgehead atoms. The third-order valence-corrected chi connectivity index (χ3v) is 8.74. The highest BCUT2D eigenvalue weighted by Crippen LogP contribution is 2.42. The summed E-state index contributed by atoms with van der Waals surface area (Å²) in [5.41, 5.74) is 3.64. The Morgan fingerprint density at radius 2 is 1.72 bits per heavy atom. The van der Waals surface area contributed by atoms with E-state index in [0.717, 1.165) is 18.8 Å². The molecule has 0 radical (unpaired) electrons. The molecule has 202 valence electrons. The first-order valence-corrected chi connectivity index (χ1v) is 14.0. The number of para-hydroxylation sites is 1. The van der Waals surface area contributed by atoms with Crippen LogP contribution in [0.4, 0.5) is 17.3 Å². The number of allylic oxidation sites excluding steroid dienone is 1. The monoisotopic (exact) mass is 543 g/mol. The second-order valence-corrected chi connectivity index (χ2v) is 11.2. The van der Waals surface area contributed by atoms with Crippen LogP contribution in [0, 0.1) is 5.41 Å². The fraction of sp³-hybridized carbons (Fsp3) is 0.367. The third-order valence-electron chi connectivity index (χ3n) is 8.42.